The minimum atomic E-state index is -0.243. The van der Waals surface area contributed by atoms with E-state index in [0.29, 0.717) is 5.92 Å². The van der Waals surface area contributed by atoms with Crippen LogP contribution in [0.3, 0.4) is 0 Å². The SMILES string of the molecule is CC(O)CN1CCC(c2c[nH]c3nc(N4CCOCC4)ccc23)CC1. The largest absolute Gasteiger partial charge is 0.392 e. The molecule has 2 saturated heterocycles. The maximum absolute atomic E-state index is 9.56. The van der Waals surface area contributed by atoms with E-state index in [1.165, 1.54) is 10.9 Å². The molecular formula is C19H28N4O2. The highest BCUT2D eigenvalue weighted by molar-refractivity contribution is 5.82. The van der Waals surface area contributed by atoms with Gasteiger partial charge < -0.3 is 24.6 Å². The summed E-state index contributed by atoms with van der Waals surface area (Å²) in [6.07, 6.45) is 4.19. The summed E-state index contributed by atoms with van der Waals surface area (Å²) in [6.45, 7) is 8.14. The minimum absolute atomic E-state index is 0.243. The van der Waals surface area contributed by atoms with Crippen LogP contribution in [0.4, 0.5) is 5.82 Å². The van der Waals surface area contributed by atoms with Crippen molar-refractivity contribution in [2.45, 2.75) is 31.8 Å². The lowest BCUT2D eigenvalue weighted by atomic mass is 9.89. The average Bonchev–Trinajstić information content (AvgIpc) is 3.06. The average molecular weight is 344 g/mol. The topological polar surface area (TPSA) is 64.6 Å². The zero-order chi connectivity index (χ0) is 17.2. The summed E-state index contributed by atoms with van der Waals surface area (Å²) in [5.41, 5.74) is 2.39. The molecule has 2 aromatic heterocycles. The molecule has 4 rings (SSSR count). The lowest BCUT2D eigenvalue weighted by Gasteiger charge is -2.32. The molecule has 0 spiro atoms. The van der Waals surface area contributed by atoms with Crippen LogP contribution in [0, 0.1) is 0 Å². The molecule has 25 heavy (non-hydrogen) atoms. The van der Waals surface area contributed by atoms with Crippen molar-refractivity contribution < 1.29 is 9.84 Å². The van der Waals surface area contributed by atoms with Crippen molar-refractivity contribution in [1.29, 1.82) is 0 Å². The molecule has 2 N–H and O–H groups in total. The number of aliphatic hydroxyl groups excluding tert-OH is 1. The number of morpholine rings is 1. The number of aromatic nitrogens is 2. The molecule has 1 unspecified atom stereocenters. The molecule has 6 nitrogen and oxygen atoms in total. The first-order chi connectivity index (χ1) is 12.2. The second-order valence-electron chi connectivity index (χ2n) is 7.33. The quantitative estimate of drug-likeness (QED) is 0.888. The zero-order valence-corrected chi connectivity index (χ0v) is 14.9. The van der Waals surface area contributed by atoms with Gasteiger partial charge in [-0.2, -0.15) is 0 Å². The summed E-state index contributed by atoms with van der Waals surface area (Å²) in [4.78, 5) is 12.9. The maximum Gasteiger partial charge on any atom is 0.140 e. The van der Waals surface area contributed by atoms with Gasteiger partial charge in [-0.25, -0.2) is 4.98 Å². The van der Waals surface area contributed by atoms with Crippen molar-refractivity contribution in [3.05, 3.63) is 23.9 Å². The number of nitrogens with zero attached hydrogens (tertiary/aromatic N) is 3. The Balaban J connectivity index is 1.48. The Kier molecular flexibility index (Phi) is 4.92. The van der Waals surface area contributed by atoms with Gasteiger partial charge in [0.15, 0.2) is 0 Å². The first-order valence-corrected chi connectivity index (χ1v) is 9.42. The number of piperidine rings is 1. The van der Waals surface area contributed by atoms with Gasteiger partial charge in [-0.1, -0.05) is 0 Å². The summed E-state index contributed by atoms with van der Waals surface area (Å²) in [5.74, 6) is 1.62. The Morgan fingerprint density at radius 1 is 1.24 bits per heavy atom. The Morgan fingerprint density at radius 3 is 2.72 bits per heavy atom. The third kappa shape index (κ3) is 3.66. The molecule has 2 aromatic rings. The fourth-order valence-corrected chi connectivity index (χ4v) is 4.12. The van der Waals surface area contributed by atoms with Gasteiger partial charge in [0.1, 0.15) is 11.5 Å². The Hall–Kier alpha value is -1.63. The summed E-state index contributed by atoms with van der Waals surface area (Å²) >= 11 is 0. The van der Waals surface area contributed by atoms with Crippen LogP contribution in [0.25, 0.3) is 11.0 Å². The number of pyridine rings is 1. The number of hydrogen-bond acceptors (Lipinski definition) is 5. The minimum Gasteiger partial charge on any atom is -0.392 e. The van der Waals surface area contributed by atoms with Gasteiger partial charge in [-0.05, 0) is 56.5 Å². The number of nitrogens with one attached hydrogen (secondary N) is 1. The molecule has 2 aliphatic rings. The lowest BCUT2D eigenvalue weighted by molar-refractivity contribution is 0.109. The molecule has 1 atom stereocenters. The molecule has 0 aliphatic carbocycles. The number of aliphatic hydroxyl groups is 1. The molecule has 4 heterocycles. The molecular weight excluding hydrogens is 316 g/mol. The van der Waals surface area contributed by atoms with Crippen molar-refractivity contribution in [2.75, 3.05) is 50.8 Å². The van der Waals surface area contributed by atoms with Gasteiger partial charge in [0.2, 0.25) is 0 Å². The smallest absolute Gasteiger partial charge is 0.140 e. The van der Waals surface area contributed by atoms with E-state index in [4.69, 9.17) is 9.72 Å². The van der Waals surface area contributed by atoms with E-state index in [9.17, 15) is 5.11 Å². The fourth-order valence-electron chi connectivity index (χ4n) is 4.12. The van der Waals surface area contributed by atoms with Gasteiger partial charge in [0.25, 0.3) is 0 Å². The van der Waals surface area contributed by atoms with Crippen LogP contribution in [-0.2, 0) is 4.74 Å². The highest BCUT2D eigenvalue weighted by Crippen LogP contribution is 2.33. The number of β-amino-alcohol motifs (C(OH)–C–C–N with tert-alkyl or cyclic N) is 1. The Bertz CT molecular complexity index is 701. The van der Waals surface area contributed by atoms with Gasteiger partial charge >= 0.3 is 0 Å². The van der Waals surface area contributed by atoms with Gasteiger partial charge in [-0.15, -0.1) is 0 Å². The lowest BCUT2D eigenvalue weighted by Crippen LogP contribution is -2.37. The van der Waals surface area contributed by atoms with Crippen LogP contribution in [0.1, 0.15) is 31.2 Å². The number of ether oxygens (including phenoxy) is 1. The fraction of sp³-hybridized carbons (Fsp3) is 0.632. The monoisotopic (exact) mass is 344 g/mol. The first kappa shape index (κ1) is 16.8. The van der Waals surface area contributed by atoms with Crippen LogP contribution >= 0.6 is 0 Å². The summed E-state index contributed by atoms with van der Waals surface area (Å²) in [6, 6.07) is 4.37. The van der Waals surface area contributed by atoms with Crippen molar-refractivity contribution in [3.63, 3.8) is 0 Å². The van der Waals surface area contributed by atoms with Gasteiger partial charge in [0, 0.05) is 31.2 Å². The van der Waals surface area contributed by atoms with Crippen LogP contribution in [0.5, 0.6) is 0 Å². The van der Waals surface area contributed by atoms with E-state index in [1.807, 2.05) is 6.92 Å². The molecule has 0 aromatic carbocycles. The molecule has 6 heteroatoms. The number of aromatic amines is 1. The molecule has 2 aliphatic heterocycles. The number of anilines is 1. The molecule has 2 fully saturated rings. The summed E-state index contributed by atoms with van der Waals surface area (Å²) in [5, 5.41) is 10.8. The van der Waals surface area contributed by atoms with E-state index in [-0.39, 0.29) is 6.10 Å². The number of H-pyrrole nitrogens is 1. The number of hydrogen-bond donors (Lipinski definition) is 2. The van der Waals surface area contributed by atoms with Gasteiger partial charge in [0.05, 0.1) is 19.3 Å². The highest BCUT2D eigenvalue weighted by Gasteiger charge is 2.24. The third-order valence-electron chi connectivity index (χ3n) is 5.44. The summed E-state index contributed by atoms with van der Waals surface area (Å²) < 4.78 is 5.43. The van der Waals surface area contributed by atoms with E-state index in [2.05, 4.69) is 33.1 Å². The van der Waals surface area contributed by atoms with Crippen LogP contribution in [-0.4, -0.2) is 72.0 Å². The van der Waals surface area contributed by atoms with Crippen LogP contribution < -0.4 is 4.90 Å². The standard InChI is InChI=1S/C19H28N4O2/c1-14(24)13-22-6-4-15(5-7-22)17-12-20-19-16(17)2-3-18(21-19)23-8-10-25-11-9-23/h2-3,12,14-15,24H,4-11,13H2,1H3,(H,20,21). The predicted octanol–water partition coefficient (Wildman–Crippen LogP) is 1.96. The Labute approximate surface area is 148 Å². The third-order valence-corrected chi connectivity index (χ3v) is 5.44. The first-order valence-electron chi connectivity index (χ1n) is 9.42. The van der Waals surface area contributed by atoms with E-state index in [1.54, 1.807) is 0 Å². The number of fused-ring (bicyclic) bond motifs is 1. The number of rotatable bonds is 4. The maximum atomic E-state index is 9.56. The molecule has 0 bridgehead atoms. The van der Waals surface area contributed by atoms with E-state index < -0.39 is 0 Å². The van der Waals surface area contributed by atoms with Crippen molar-refractivity contribution in [2.24, 2.45) is 0 Å². The molecule has 0 saturated carbocycles. The van der Waals surface area contributed by atoms with Crippen LogP contribution in [0.15, 0.2) is 18.3 Å². The van der Waals surface area contributed by atoms with E-state index in [0.717, 1.165) is 70.2 Å². The van der Waals surface area contributed by atoms with Crippen molar-refractivity contribution in [3.8, 4) is 0 Å². The predicted molar refractivity (Wildman–Crippen MR) is 99.2 cm³/mol. The van der Waals surface area contributed by atoms with Crippen molar-refractivity contribution in [1.82, 2.24) is 14.9 Å². The zero-order valence-electron chi connectivity index (χ0n) is 14.9. The molecule has 0 amide bonds. The normalized spacial score (nSPS) is 21.8. The van der Waals surface area contributed by atoms with Crippen molar-refractivity contribution >= 4 is 16.9 Å². The number of likely N-dealkylation sites (tertiary alicyclic amines) is 1. The Morgan fingerprint density at radius 2 is 2.00 bits per heavy atom. The second kappa shape index (κ2) is 7.32. The van der Waals surface area contributed by atoms with E-state index >= 15 is 0 Å². The van der Waals surface area contributed by atoms with Gasteiger partial charge in [-0.3, -0.25) is 0 Å². The second-order valence-corrected chi connectivity index (χ2v) is 7.33. The molecule has 0 radical (unpaired) electrons. The summed E-state index contributed by atoms with van der Waals surface area (Å²) in [7, 11) is 0. The van der Waals surface area contributed by atoms with Crippen LogP contribution in [0.2, 0.25) is 0 Å². The molecule has 136 valence electrons. The highest BCUT2D eigenvalue weighted by atomic mass is 16.5.